The zero-order chi connectivity index (χ0) is 14.8. The minimum Gasteiger partial charge on any atom is -0.455 e. The largest absolute Gasteiger partial charge is 0.455 e. The predicted octanol–water partition coefficient (Wildman–Crippen LogP) is 3.51. The number of furan rings is 1. The quantitative estimate of drug-likeness (QED) is 0.590. The number of benzene rings is 2. The van der Waals surface area contributed by atoms with E-state index in [4.69, 9.17) is 14.9 Å². The molecule has 0 bridgehead atoms. The summed E-state index contributed by atoms with van der Waals surface area (Å²) in [7, 11) is 0. The van der Waals surface area contributed by atoms with E-state index in [1.54, 1.807) is 42.5 Å². The standard InChI is InChI=1S/C16H12FNO3/c17-13-4-2-1-3-10(13)9-20-16(19)15-8-11-7-12(18)5-6-14(11)21-15/h1-8H,9,18H2. The Hall–Kier alpha value is -2.82. The van der Waals surface area contributed by atoms with E-state index < -0.39 is 11.8 Å². The number of ether oxygens (including phenoxy) is 1. The number of nitrogens with two attached hydrogens (primary N) is 1. The van der Waals surface area contributed by atoms with Gasteiger partial charge in [-0.05, 0) is 30.3 Å². The first-order valence-corrected chi connectivity index (χ1v) is 6.33. The number of rotatable bonds is 3. The summed E-state index contributed by atoms with van der Waals surface area (Å²) in [5.74, 6) is -0.998. The highest BCUT2D eigenvalue weighted by Gasteiger charge is 2.14. The lowest BCUT2D eigenvalue weighted by molar-refractivity contribution is 0.0435. The van der Waals surface area contributed by atoms with Crippen molar-refractivity contribution in [2.24, 2.45) is 0 Å². The number of carbonyl (C=O) groups excluding carboxylic acids is 1. The maximum atomic E-state index is 13.4. The van der Waals surface area contributed by atoms with Crippen LogP contribution in [0.2, 0.25) is 0 Å². The Morgan fingerprint density at radius 2 is 2.00 bits per heavy atom. The first-order chi connectivity index (χ1) is 10.1. The van der Waals surface area contributed by atoms with E-state index in [1.807, 2.05) is 0 Å². The summed E-state index contributed by atoms with van der Waals surface area (Å²) in [6, 6.07) is 12.7. The summed E-state index contributed by atoms with van der Waals surface area (Å²) >= 11 is 0. The van der Waals surface area contributed by atoms with Gasteiger partial charge in [-0.15, -0.1) is 0 Å². The summed E-state index contributed by atoms with van der Waals surface area (Å²) in [5.41, 5.74) is 7.09. The Balaban J connectivity index is 1.76. The third-order valence-corrected chi connectivity index (χ3v) is 3.06. The Kier molecular flexibility index (Phi) is 3.31. The van der Waals surface area contributed by atoms with Crippen LogP contribution in [0, 0.1) is 5.82 Å². The van der Waals surface area contributed by atoms with Crippen molar-refractivity contribution in [2.75, 3.05) is 5.73 Å². The van der Waals surface area contributed by atoms with Crippen LogP contribution >= 0.6 is 0 Å². The highest BCUT2D eigenvalue weighted by Crippen LogP contribution is 2.22. The van der Waals surface area contributed by atoms with Crippen LogP contribution in [0.3, 0.4) is 0 Å². The molecule has 2 N–H and O–H groups in total. The molecule has 0 atom stereocenters. The highest BCUT2D eigenvalue weighted by atomic mass is 19.1. The minimum atomic E-state index is -0.645. The molecule has 0 aliphatic carbocycles. The van der Waals surface area contributed by atoms with Crippen molar-refractivity contribution in [1.82, 2.24) is 0 Å². The molecule has 0 aliphatic heterocycles. The fraction of sp³-hybridized carbons (Fsp3) is 0.0625. The molecule has 1 heterocycles. The van der Waals surface area contributed by atoms with Crippen LogP contribution in [0.25, 0.3) is 11.0 Å². The summed E-state index contributed by atoms with van der Waals surface area (Å²) < 4.78 is 23.9. The van der Waals surface area contributed by atoms with Gasteiger partial charge in [0.25, 0.3) is 0 Å². The summed E-state index contributed by atoms with van der Waals surface area (Å²) in [5, 5.41) is 0.716. The lowest BCUT2D eigenvalue weighted by Gasteiger charge is -2.03. The van der Waals surface area contributed by atoms with Crippen LogP contribution in [-0.2, 0) is 11.3 Å². The molecule has 3 rings (SSSR count). The van der Waals surface area contributed by atoms with Gasteiger partial charge in [-0.1, -0.05) is 18.2 Å². The molecule has 4 nitrogen and oxygen atoms in total. The highest BCUT2D eigenvalue weighted by molar-refractivity contribution is 5.93. The zero-order valence-electron chi connectivity index (χ0n) is 11.0. The van der Waals surface area contributed by atoms with Gasteiger partial charge >= 0.3 is 5.97 Å². The number of nitrogen functional groups attached to an aromatic ring is 1. The van der Waals surface area contributed by atoms with Gasteiger partial charge in [0.2, 0.25) is 5.76 Å². The van der Waals surface area contributed by atoms with Crippen LogP contribution < -0.4 is 5.73 Å². The molecule has 1 aromatic heterocycles. The Labute approximate surface area is 119 Å². The molecule has 0 saturated carbocycles. The molecule has 5 heteroatoms. The molecule has 0 fully saturated rings. The molecule has 0 aliphatic rings. The third-order valence-electron chi connectivity index (χ3n) is 3.06. The van der Waals surface area contributed by atoms with Gasteiger partial charge in [0.15, 0.2) is 0 Å². The number of fused-ring (bicyclic) bond motifs is 1. The predicted molar refractivity (Wildman–Crippen MR) is 76.1 cm³/mol. The SMILES string of the molecule is Nc1ccc2oc(C(=O)OCc3ccccc3F)cc2c1. The lowest BCUT2D eigenvalue weighted by Crippen LogP contribution is -2.04. The second-order valence-corrected chi connectivity index (χ2v) is 4.58. The van der Waals surface area contributed by atoms with E-state index in [-0.39, 0.29) is 12.4 Å². The van der Waals surface area contributed by atoms with E-state index in [0.29, 0.717) is 22.2 Å². The molecule has 0 amide bonds. The van der Waals surface area contributed by atoms with Crippen molar-refractivity contribution in [3.05, 3.63) is 65.7 Å². The smallest absolute Gasteiger partial charge is 0.374 e. The maximum Gasteiger partial charge on any atom is 0.374 e. The monoisotopic (exact) mass is 285 g/mol. The van der Waals surface area contributed by atoms with E-state index >= 15 is 0 Å². The van der Waals surface area contributed by atoms with Crippen molar-refractivity contribution in [1.29, 1.82) is 0 Å². The van der Waals surface area contributed by atoms with Crippen LogP contribution in [0.4, 0.5) is 10.1 Å². The normalized spacial score (nSPS) is 10.7. The summed E-state index contributed by atoms with van der Waals surface area (Å²) in [6.07, 6.45) is 0. The van der Waals surface area contributed by atoms with Gasteiger partial charge < -0.3 is 14.9 Å². The van der Waals surface area contributed by atoms with Gasteiger partial charge in [-0.25, -0.2) is 9.18 Å². The van der Waals surface area contributed by atoms with Crippen molar-refractivity contribution < 1.29 is 18.3 Å². The molecular formula is C16H12FNO3. The first kappa shape index (κ1) is 13.2. The van der Waals surface area contributed by atoms with Crippen LogP contribution in [0.15, 0.2) is 52.9 Å². The van der Waals surface area contributed by atoms with Gasteiger partial charge in [0.1, 0.15) is 18.0 Å². The fourth-order valence-corrected chi connectivity index (χ4v) is 1.99. The first-order valence-electron chi connectivity index (χ1n) is 6.33. The number of hydrogen-bond donors (Lipinski definition) is 1. The number of halogens is 1. The number of hydrogen-bond acceptors (Lipinski definition) is 4. The van der Waals surface area contributed by atoms with Gasteiger partial charge in [0.05, 0.1) is 0 Å². The van der Waals surface area contributed by atoms with Gasteiger partial charge in [0, 0.05) is 16.6 Å². The second kappa shape index (κ2) is 5.28. The van der Waals surface area contributed by atoms with Crippen LogP contribution in [-0.4, -0.2) is 5.97 Å². The molecule has 106 valence electrons. The fourth-order valence-electron chi connectivity index (χ4n) is 1.99. The molecule has 0 radical (unpaired) electrons. The van der Waals surface area contributed by atoms with Crippen molar-refractivity contribution in [3.8, 4) is 0 Å². The Morgan fingerprint density at radius 3 is 2.81 bits per heavy atom. The number of carbonyl (C=O) groups is 1. The topological polar surface area (TPSA) is 65.5 Å². The Morgan fingerprint density at radius 1 is 1.19 bits per heavy atom. The van der Waals surface area contributed by atoms with E-state index in [0.717, 1.165) is 0 Å². The molecule has 0 spiro atoms. The molecule has 0 unspecified atom stereocenters. The number of anilines is 1. The minimum absolute atomic E-state index is 0.0620. The van der Waals surface area contributed by atoms with Crippen LogP contribution in [0.1, 0.15) is 16.1 Å². The number of esters is 1. The molecule has 2 aromatic carbocycles. The molecule has 0 saturated heterocycles. The molecule has 3 aromatic rings. The third kappa shape index (κ3) is 2.72. The lowest BCUT2D eigenvalue weighted by atomic mass is 10.2. The van der Waals surface area contributed by atoms with Gasteiger partial charge in [-0.3, -0.25) is 0 Å². The zero-order valence-corrected chi connectivity index (χ0v) is 11.0. The van der Waals surface area contributed by atoms with E-state index in [1.165, 1.54) is 6.07 Å². The maximum absolute atomic E-state index is 13.4. The van der Waals surface area contributed by atoms with Gasteiger partial charge in [-0.2, -0.15) is 0 Å². The van der Waals surface area contributed by atoms with Crippen molar-refractivity contribution in [2.45, 2.75) is 6.61 Å². The average molecular weight is 285 g/mol. The molecule has 21 heavy (non-hydrogen) atoms. The molecular weight excluding hydrogens is 273 g/mol. The second-order valence-electron chi connectivity index (χ2n) is 4.58. The summed E-state index contributed by atoms with van der Waals surface area (Å²) in [4.78, 5) is 11.9. The van der Waals surface area contributed by atoms with Crippen LogP contribution in [0.5, 0.6) is 0 Å². The Bertz CT molecular complexity index is 810. The van der Waals surface area contributed by atoms with Crippen molar-refractivity contribution in [3.63, 3.8) is 0 Å². The van der Waals surface area contributed by atoms with E-state index in [9.17, 15) is 9.18 Å². The van der Waals surface area contributed by atoms with Crippen molar-refractivity contribution >= 4 is 22.6 Å². The average Bonchev–Trinajstić information content (AvgIpc) is 2.89. The summed E-state index contributed by atoms with van der Waals surface area (Å²) in [6.45, 7) is -0.148. The van der Waals surface area contributed by atoms with E-state index in [2.05, 4.69) is 0 Å².